The van der Waals surface area contributed by atoms with Crippen molar-refractivity contribution >= 4 is 17.6 Å². The van der Waals surface area contributed by atoms with E-state index in [0.717, 1.165) is 11.3 Å². The quantitative estimate of drug-likeness (QED) is 0.814. The standard InChI is InChI=1S/C12H13NO3/c1-12(7-6-10(14)15)8-4-2-3-5-9(8)13-11(12)16/h2-5H,6-7H2,1H3,(H,13,16)(H,14,15). The van der Waals surface area contributed by atoms with Gasteiger partial charge in [0, 0.05) is 12.1 Å². The van der Waals surface area contributed by atoms with Crippen LogP contribution in [0.1, 0.15) is 25.3 Å². The number of amides is 1. The minimum atomic E-state index is -0.876. The van der Waals surface area contributed by atoms with Crippen molar-refractivity contribution in [1.82, 2.24) is 0 Å². The van der Waals surface area contributed by atoms with Crippen LogP contribution >= 0.6 is 0 Å². The number of benzene rings is 1. The topological polar surface area (TPSA) is 66.4 Å². The predicted molar refractivity (Wildman–Crippen MR) is 59.3 cm³/mol. The van der Waals surface area contributed by atoms with Gasteiger partial charge in [0.05, 0.1) is 5.41 Å². The van der Waals surface area contributed by atoms with E-state index >= 15 is 0 Å². The molecular formula is C12H13NO3. The first-order chi connectivity index (χ1) is 7.54. The number of para-hydroxylation sites is 1. The fourth-order valence-corrected chi connectivity index (χ4v) is 2.06. The van der Waals surface area contributed by atoms with Crippen molar-refractivity contribution in [3.05, 3.63) is 29.8 Å². The van der Waals surface area contributed by atoms with Crippen molar-refractivity contribution in [3.8, 4) is 0 Å². The first kappa shape index (κ1) is 10.7. The molecule has 1 aliphatic heterocycles. The zero-order chi connectivity index (χ0) is 11.8. The molecule has 4 heteroatoms. The molecular weight excluding hydrogens is 206 g/mol. The van der Waals surface area contributed by atoms with Crippen LogP contribution in [0.3, 0.4) is 0 Å². The molecule has 2 rings (SSSR count). The van der Waals surface area contributed by atoms with Gasteiger partial charge in [0.25, 0.3) is 0 Å². The third-order valence-corrected chi connectivity index (χ3v) is 3.11. The molecule has 0 spiro atoms. The Morgan fingerprint density at radius 1 is 1.44 bits per heavy atom. The highest BCUT2D eigenvalue weighted by Crippen LogP contribution is 2.40. The number of fused-ring (bicyclic) bond motifs is 1. The Kier molecular flexibility index (Phi) is 2.42. The lowest BCUT2D eigenvalue weighted by atomic mass is 9.80. The van der Waals surface area contributed by atoms with Crippen LogP contribution in [0.25, 0.3) is 0 Å². The maximum atomic E-state index is 11.9. The molecule has 16 heavy (non-hydrogen) atoms. The maximum absolute atomic E-state index is 11.9. The van der Waals surface area contributed by atoms with Crippen LogP contribution in [-0.2, 0) is 15.0 Å². The molecule has 0 saturated carbocycles. The molecule has 0 saturated heterocycles. The van der Waals surface area contributed by atoms with E-state index < -0.39 is 11.4 Å². The molecule has 84 valence electrons. The fraction of sp³-hybridized carbons (Fsp3) is 0.333. The van der Waals surface area contributed by atoms with Crippen LogP contribution in [0.4, 0.5) is 5.69 Å². The molecule has 0 radical (unpaired) electrons. The second kappa shape index (κ2) is 3.63. The lowest BCUT2D eigenvalue weighted by Crippen LogP contribution is -2.31. The highest BCUT2D eigenvalue weighted by Gasteiger charge is 2.42. The third kappa shape index (κ3) is 1.56. The smallest absolute Gasteiger partial charge is 0.303 e. The highest BCUT2D eigenvalue weighted by atomic mass is 16.4. The van der Waals surface area contributed by atoms with Gasteiger partial charge in [0.2, 0.25) is 5.91 Å². The number of carbonyl (C=O) groups is 2. The molecule has 0 aromatic heterocycles. The number of hydrogen-bond acceptors (Lipinski definition) is 2. The van der Waals surface area contributed by atoms with Crippen LogP contribution < -0.4 is 5.32 Å². The van der Waals surface area contributed by atoms with E-state index in [9.17, 15) is 9.59 Å². The Bertz CT molecular complexity index is 455. The number of carboxylic acids is 1. The van der Waals surface area contributed by atoms with E-state index in [4.69, 9.17) is 5.11 Å². The predicted octanol–water partition coefficient (Wildman–Crippen LogP) is 1.76. The first-order valence-corrected chi connectivity index (χ1v) is 5.17. The summed E-state index contributed by atoms with van der Waals surface area (Å²) in [6.07, 6.45) is 0.323. The van der Waals surface area contributed by atoms with Crippen molar-refractivity contribution in [3.63, 3.8) is 0 Å². The van der Waals surface area contributed by atoms with Crippen LogP contribution in [-0.4, -0.2) is 17.0 Å². The molecule has 1 unspecified atom stereocenters. The van der Waals surface area contributed by atoms with E-state index in [1.54, 1.807) is 6.92 Å². The van der Waals surface area contributed by atoms with Crippen molar-refractivity contribution in [1.29, 1.82) is 0 Å². The molecule has 0 fully saturated rings. The molecule has 0 aliphatic carbocycles. The van der Waals surface area contributed by atoms with Gasteiger partial charge in [-0.15, -0.1) is 0 Å². The average Bonchev–Trinajstić information content (AvgIpc) is 2.50. The van der Waals surface area contributed by atoms with Gasteiger partial charge in [-0.3, -0.25) is 9.59 Å². The summed E-state index contributed by atoms with van der Waals surface area (Å²) in [5, 5.41) is 11.5. The molecule has 1 heterocycles. The summed E-state index contributed by atoms with van der Waals surface area (Å²) in [6, 6.07) is 7.41. The van der Waals surface area contributed by atoms with Gasteiger partial charge in [-0.05, 0) is 25.0 Å². The number of anilines is 1. The van der Waals surface area contributed by atoms with Crippen molar-refractivity contribution < 1.29 is 14.7 Å². The Hall–Kier alpha value is -1.84. The minimum absolute atomic E-state index is 0.00173. The minimum Gasteiger partial charge on any atom is -0.481 e. The molecule has 2 N–H and O–H groups in total. The first-order valence-electron chi connectivity index (χ1n) is 5.17. The lowest BCUT2D eigenvalue weighted by molar-refractivity contribution is -0.137. The van der Waals surface area contributed by atoms with Crippen LogP contribution in [0.15, 0.2) is 24.3 Å². The average molecular weight is 219 g/mol. The molecule has 1 amide bonds. The Balaban J connectivity index is 2.33. The normalized spacial score (nSPS) is 22.7. The van der Waals surface area contributed by atoms with E-state index in [1.807, 2.05) is 24.3 Å². The van der Waals surface area contributed by atoms with Gasteiger partial charge in [0.15, 0.2) is 0 Å². The highest BCUT2D eigenvalue weighted by molar-refractivity contribution is 6.06. The maximum Gasteiger partial charge on any atom is 0.303 e. The van der Waals surface area contributed by atoms with Gasteiger partial charge >= 0.3 is 5.97 Å². The van der Waals surface area contributed by atoms with Crippen LogP contribution in [0.5, 0.6) is 0 Å². The molecule has 1 aromatic carbocycles. The molecule has 1 aromatic rings. The number of carbonyl (C=O) groups excluding carboxylic acids is 1. The second-order valence-electron chi connectivity index (χ2n) is 4.23. The third-order valence-electron chi connectivity index (χ3n) is 3.11. The van der Waals surface area contributed by atoms with Crippen molar-refractivity contribution in [2.75, 3.05) is 5.32 Å². The van der Waals surface area contributed by atoms with E-state index in [1.165, 1.54) is 0 Å². The summed E-state index contributed by atoms with van der Waals surface area (Å²) in [4.78, 5) is 22.4. The van der Waals surface area contributed by atoms with Gasteiger partial charge in [-0.25, -0.2) is 0 Å². The number of rotatable bonds is 3. The molecule has 1 atom stereocenters. The van der Waals surface area contributed by atoms with E-state index in [-0.39, 0.29) is 12.3 Å². The van der Waals surface area contributed by atoms with Crippen LogP contribution in [0, 0.1) is 0 Å². The largest absolute Gasteiger partial charge is 0.481 e. The summed E-state index contributed by atoms with van der Waals surface area (Å²) in [5.41, 5.74) is 0.969. The summed E-state index contributed by atoms with van der Waals surface area (Å²) in [7, 11) is 0. The van der Waals surface area contributed by atoms with Gasteiger partial charge in [-0.2, -0.15) is 0 Å². The van der Waals surface area contributed by atoms with Gasteiger partial charge in [-0.1, -0.05) is 18.2 Å². The number of aliphatic carboxylic acids is 1. The fourth-order valence-electron chi connectivity index (χ4n) is 2.06. The lowest BCUT2D eigenvalue weighted by Gasteiger charge is -2.20. The SMILES string of the molecule is CC1(CCC(=O)O)C(=O)Nc2ccccc21. The van der Waals surface area contributed by atoms with Gasteiger partial charge in [0.1, 0.15) is 0 Å². The Morgan fingerprint density at radius 2 is 2.12 bits per heavy atom. The molecule has 4 nitrogen and oxygen atoms in total. The Labute approximate surface area is 93.3 Å². The number of nitrogens with one attached hydrogen (secondary N) is 1. The zero-order valence-corrected chi connectivity index (χ0v) is 8.99. The molecule has 0 bridgehead atoms. The Morgan fingerprint density at radius 3 is 2.81 bits per heavy atom. The second-order valence-corrected chi connectivity index (χ2v) is 4.23. The number of carboxylic acid groups (broad SMARTS) is 1. The zero-order valence-electron chi connectivity index (χ0n) is 8.99. The monoisotopic (exact) mass is 219 g/mol. The van der Waals surface area contributed by atoms with E-state index in [0.29, 0.717) is 6.42 Å². The summed E-state index contributed by atoms with van der Waals surface area (Å²) < 4.78 is 0. The molecule has 1 aliphatic rings. The van der Waals surface area contributed by atoms with Crippen molar-refractivity contribution in [2.45, 2.75) is 25.2 Å². The van der Waals surface area contributed by atoms with Crippen molar-refractivity contribution in [2.24, 2.45) is 0 Å². The van der Waals surface area contributed by atoms with E-state index in [2.05, 4.69) is 5.32 Å². The summed E-state index contributed by atoms with van der Waals surface area (Å²) in [5.74, 6) is -0.992. The summed E-state index contributed by atoms with van der Waals surface area (Å²) in [6.45, 7) is 1.79. The van der Waals surface area contributed by atoms with Crippen LogP contribution in [0.2, 0.25) is 0 Å². The summed E-state index contributed by atoms with van der Waals surface area (Å²) >= 11 is 0. The number of hydrogen-bond donors (Lipinski definition) is 2. The van der Waals surface area contributed by atoms with Gasteiger partial charge < -0.3 is 10.4 Å².